The van der Waals surface area contributed by atoms with Gasteiger partial charge in [0.2, 0.25) is 10.0 Å². The van der Waals surface area contributed by atoms with Gasteiger partial charge in [0.25, 0.3) is 0 Å². The molecule has 1 heterocycles. The van der Waals surface area contributed by atoms with Crippen LogP contribution in [0.1, 0.15) is 6.92 Å². The molecule has 0 aliphatic heterocycles. The van der Waals surface area contributed by atoms with E-state index in [4.69, 9.17) is 5.11 Å². The Morgan fingerprint density at radius 1 is 1.60 bits per heavy atom. The maximum Gasteiger partial charge on any atom is 0.321 e. The summed E-state index contributed by atoms with van der Waals surface area (Å²) in [5, 5.41) is 8.57. The molecule has 0 aromatic carbocycles. The molecule has 0 aliphatic rings. The molecular formula is C8H12N2O4S. The van der Waals surface area contributed by atoms with Crippen molar-refractivity contribution in [2.24, 2.45) is 7.05 Å². The van der Waals surface area contributed by atoms with Crippen molar-refractivity contribution in [3.8, 4) is 0 Å². The molecule has 7 heteroatoms. The van der Waals surface area contributed by atoms with Gasteiger partial charge in [0.15, 0.2) is 0 Å². The number of carboxylic acids is 1. The minimum absolute atomic E-state index is 0.0538. The second-order valence-corrected chi connectivity index (χ2v) is 4.91. The second-order valence-electron chi connectivity index (χ2n) is 3.19. The molecule has 0 bridgehead atoms. The average Bonchev–Trinajstić information content (AvgIpc) is 2.51. The van der Waals surface area contributed by atoms with Crippen LogP contribution in [-0.2, 0) is 21.9 Å². The third kappa shape index (κ3) is 2.80. The molecule has 1 aromatic rings. The van der Waals surface area contributed by atoms with Crippen molar-refractivity contribution < 1.29 is 18.3 Å². The summed E-state index contributed by atoms with van der Waals surface area (Å²) in [5.74, 6) is -1.21. The molecule has 0 unspecified atom stereocenters. The molecule has 15 heavy (non-hydrogen) atoms. The maximum atomic E-state index is 11.6. The minimum atomic E-state index is -3.74. The molecule has 0 aliphatic carbocycles. The lowest BCUT2D eigenvalue weighted by Gasteiger charge is -2.08. The van der Waals surface area contributed by atoms with E-state index in [-0.39, 0.29) is 4.90 Å². The number of carboxylic acid groups (broad SMARTS) is 1. The van der Waals surface area contributed by atoms with Crippen LogP contribution in [0.2, 0.25) is 0 Å². The number of hydrogen-bond acceptors (Lipinski definition) is 3. The van der Waals surface area contributed by atoms with E-state index >= 15 is 0 Å². The molecule has 0 spiro atoms. The predicted octanol–water partition coefficient (Wildman–Crippen LogP) is -0.224. The van der Waals surface area contributed by atoms with Crippen molar-refractivity contribution in [2.75, 3.05) is 0 Å². The molecule has 6 nitrogen and oxygen atoms in total. The third-order valence-electron chi connectivity index (χ3n) is 1.82. The highest BCUT2D eigenvalue weighted by atomic mass is 32.2. The summed E-state index contributed by atoms with van der Waals surface area (Å²) in [5.41, 5.74) is 0. The van der Waals surface area contributed by atoms with Crippen LogP contribution >= 0.6 is 0 Å². The van der Waals surface area contributed by atoms with E-state index in [9.17, 15) is 13.2 Å². The van der Waals surface area contributed by atoms with E-state index < -0.39 is 22.0 Å². The van der Waals surface area contributed by atoms with E-state index in [1.165, 1.54) is 19.2 Å². The quantitative estimate of drug-likeness (QED) is 0.751. The van der Waals surface area contributed by atoms with Crippen LogP contribution in [0, 0.1) is 0 Å². The normalized spacial score (nSPS) is 13.7. The average molecular weight is 232 g/mol. The van der Waals surface area contributed by atoms with Crippen molar-refractivity contribution in [3.63, 3.8) is 0 Å². The zero-order valence-corrected chi connectivity index (χ0v) is 9.15. The fraction of sp³-hybridized carbons (Fsp3) is 0.375. The van der Waals surface area contributed by atoms with E-state index in [0.717, 1.165) is 0 Å². The first-order valence-electron chi connectivity index (χ1n) is 4.20. The molecular weight excluding hydrogens is 220 g/mol. The Hall–Kier alpha value is -1.34. The fourth-order valence-corrected chi connectivity index (χ4v) is 2.24. The van der Waals surface area contributed by atoms with Gasteiger partial charge in [-0.25, -0.2) is 8.42 Å². The number of nitrogens with zero attached hydrogens (tertiary/aromatic N) is 1. The lowest BCUT2D eigenvalue weighted by atomic mass is 10.4. The van der Waals surface area contributed by atoms with E-state index in [0.29, 0.717) is 0 Å². The molecule has 0 radical (unpaired) electrons. The number of hydrogen-bond donors (Lipinski definition) is 2. The van der Waals surface area contributed by atoms with Gasteiger partial charge in [-0.2, -0.15) is 4.72 Å². The first-order chi connectivity index (χ1) is 6.83. The lowest BCUT2D eigenvalue weighted by Crippen LogP contribution is -2.38. The highest BCUT2D eigenvalue weighted by Gasteiger charge is 2.21. The summed E-state index contributed by atoms with van der Waals surface area (Å²) in [7, 11) is -2.06. The Morgan fingerprint density at radius 3 is 2.60 bits per heavy atom. The molecule has 1 aromatic heterocycles. The van der Waals surface area contributed by atoms with Gasteiger partial charge in [0.1, 0.15) is 6.04 Å². The number of aromatic nitrogens is 1. The zero-order chi connectivity index (χ0) is 11.6. The highest BCUT2D eigenvalue weighted by molar-refractivity contribution is 7.89. The summed E-state index contributed by atoms with van der Waals surface area (Å²) in [6.45, 7) is 1.27. The van der Waals surface area contributed by atoms with Gasteiger partial charge in [0, 0.05) is 19.4 Å². The maximum absolute atomic E-state index is 11.6. The molecule has 0 fully saturated rings. The minimum Gasteiger partial charge on any atom is -0.480 e. The molecule has 84 valence electrons. The van der Waals surface area contributed by atoms with Crippen LogP contribution in [0.25, 0.3) is 0 Å². The molecule has 1 atom stereocenters. The predicted molar refractivity (Wildman–Crippen MR) is 52.8 cm³/mol. The van der Waals surface area contributed by atoms with Crippen LogP contribution in [0.4, 0.5) is 0 Å². The monoisotopic (exact) mass is 232 g/mol. The van der Waals surface area contributed by atoms with Gasteiger partial charge >= 0.3 is 5.97 Å². The van der Waals surface area contributed by atoms with Crippen LogP contribution in [0.5, 0.6) is 0 Å². The summed E-state index contributed by atoms with van der Waals surface area (Å²) < 4.78 is 26.8. The van der Waals surface area contributed by atoms with Crippen molar-refractivity contribution >= 4 is 16.0 Å². The number of carbonyl (C=O) groups is 1. The Balaban J connectivity index is 2.90. The fourth-order valence-electron chi connectivity index (χ4n) is 0.988. The summed E-state index contributed by atoms with van der Waals surface area (Å²) in [6, 6.07) is 0.256. The number of nitrogens with one attached hydrogen (secondary N) is 1. The topological polar surface area (TPSA) is 88.4 Å². The number of aliphatic carboxylic acids is 1. The van der Waals surface area contributed by atoms with Gasteiger partial charge in [-0.1, -0.05) is 0 Å². The van der Waals surface area contributed by atoms with Crippen molar-refractivity contribution in [1.29, 1.82) is 0 Å². The molecule has 1 rings (SSSR count). The Labute approximate surface area is 87.6 Å². The summed E-state index contributed by atoms with van der Waals surface area (Å²) in [4.78, 5) is 10.5. The standard InChI is InChI=1S/C8H12N2O4S/c1-6(8(11)12)9-15(13,14)7-3-4-10(2)5-7/h3-6,9H,1-2H3,(H,11,12)/t6-/m1/s1. The number of sulfonamides is 1. The number of aryl methyl sites for hydroxylation is 1. The highest BCUT2D eigenvalue weighted by Crippen LogP contribution is 2.08. The molecule has 0 saturated heterocycles. The van der Waals surface area contributed by atoms with Crippen LogP contribution in [-0.4, -0.2) is 30.1 Å². The van der Waals surface area contributed by atoms with Crippen molar-refractivity contribution in [3.05, 3.63) is 18.5 Å². The van der Waals surface area contributed by atoms with Gasteiger partial charge in [-0.05, 0) is 13.0 Å². The van der Waals surface area contributed by atoms with Gasteiger partial charge in [-0.3, -0.25) is 4.79 Å². The van der Waals surface area contributed by atoms with Crippen LogP contribution < -0.4 is 4.72 Å². The third-order valence-corrected chi connectivity index (χ3v) is 3.34. The SMILES string of the molecule is C[C@@H](NS(=O)(=O)c1ccn(C)c1)C(=O)O. The zero-order valence-electron chi connectivity index (χ0n) is 8.34. The second kappa shape index (κ2) is 4.03. The smallest absolute Gasteiger partial charge is 0.321 e. The Kier molecular flexibility index (Phi) is 3.15. The molecule has 0 amide bonds. The number of rotatable bonds is 4. The van der Waals surface area contributed by atoms with Gasteiger partial charge in [-0.15, -0.1) is 0 Å². The first-order valence-corrected chi connectivity index (χ1v) is 5.68. The first kappa shape index (κ1) is 11.7. The van der Waals surface area contributed by atoms with E-state index in [1.807, 2.05) is 4.72 Å². The van der Waals surface area contributed by atoms with Crippen LogP contribution in [0.3, 0.4) is 0 Å². The summed E-state index contributed by atoms with van der Waals surface area (Å²) >= 11 is 0. The van der Waals surface area contributed by atoms with E-state index in [2.05, 4.69) is 0 Å². The van der Waals surface area contributed by atoms with Crippen LogP contribution in [0.15, 0.2) is 23.4 Å². The van der Waals surface area contributed by atoms with Crippen molar-refractivity contribution in [1.82, 2.24) is 9.29 Å². The lowest BCUT2D eigenvalue weighted by molar-refractivity contribution is -0.138. The molecule has 2 N–H and O–H groups in total. The largest absolute Gasteiger partial charge is 0.480 e. The van der Waals surface area contributed by atoms with Gasteiger partial charge < -0.3 is 9.67 Å². The van der Waals surface area contributed by atoms with E-state index in [1.54, 1.807) is 17.8 Å². The van der Waals surface area contributed by atoms with Gasteiger partial charge in [0.05, 0.1) is 4.90 Å². The molecule has 0 saturated carbocycles. The Bertz CT molecular complexity index is 463. The Morgan fingerprint density at radius 2 is 2.20 bits per heavy atom. The van der Waals surface area contributed by atoms with Crippen molar-refractivity contribution in [2.45, 2.75) is 17.9 Å². The summed E-state index contributed by atoms with van der Waals surface area (Å²) in [6.07, 6.45) is 2.97.